The molecule has 0 saturated heterocycles. The zero-order chi connectivity index (χ0) is 25.9. The average molecular weight is 520 g/mol. The predicted molar refractivity (Wildman–Crippen MR) is 135 cm³/mol. The summed E-state index contributed by atoms with van der Waals surface area (Å²) in [7, 11) is 1.20. The maximum Gasteiger partial charge on any atom is 0.345 e. The van der Waals surface area contributed by atoms with E-state index in [2.05, 4.69) is 20.2 Å². The Morgan fingerprint density at radius 1 is 1.05 bits per heavy atom. The first-order valence-corrected chi connectivity index (χ1v) is 12.0. The number of fused-ring (bicyclic) bond motifs is 1. The molecule has 0 atom stereocenters. The molecule has 5 aromatic rings. The molecule has 0 aliphatic carbocycles. The van der Waals surface area contributed by atoms with Crippen LogP contribution in [0.5, 0.6) is 0 Å². The number of halogens is 2. The summed E-state index contributed by atoms with van der Waals surface area (Å²) in [4.78, 5) is 20.0. The number of carbonyl (C=O) groups excluding carboxylic acids is 1. The number of thioether (sulfide) groups is 1. The topological polar surface area (TPSA) is 106 Å². The van der Waals surface area contributed by atoms with Crippen molar-refractivity contribution in [2.75, 3.05) is 12.9 Å². The molecule has 0 bridgehead atoms. The fraction of sp³-hybridized carbons (Fsp3) is 0.0769. The third-order valence-corrected chi connectivity index (χ3v) is 6.40. The maximum absolute atomic E-state index is 14.8. The van der Waals surface area contributed by atoms with E-state index in [4.69, 9.17) is 4.74 Å². The zero-order valence-electron chi connectivity index (χ0n) is 19.4. The third kappa shape index (κ3) is 4.81. The van der Waals surface area contributed by atoms with Crippen molar-refractivity contribution in [1.29, 1.82) is 0 Å². The molecular weight excluding hydrogens is 500 g/mol. The molecule has 0 aliphatic heterocycles. The van der Waals surface area contributed by atoms with Crippen molar-refractivity contribution in [2.24, 2.45) is 0 Å². The molecule has 186 valence electrons. The van der Waals surface area contributed by atoms with Gasteiger partial charge in [-0.3, -0.25) is 4.57 Å². The van der Waals surface area contributed by atoms with E-state index >= 15 is 0 Å². The number of methoxy groups -OCH3 is 1. The Bertz CT molecular complexity index is 1600. The summed E-state index contributed by atoms with van der Waals surface area (Å²) in [6.45, 7) is 0. The summed E-state index contributed by atoms with van der Waals surface area (Å²) in [5.74, 6) is -2.32. The van der Waals surface area contributed by atoms with Crippen LogP contribution in [0.15, 0.2) is 83.7 Å². The van der Waals surface area contributed by atoms with Crippen LogP contribution in [-0.2, 0) is 9.53 Å². The van der Waals surface area contributed by atoms with Crippen molar-refractivity contribution >= 4 is 34.3 Å². The number of aliphatic hydroxyl groups is 1. The van der Waals surface area contributed by atoms with Crippen LogP contribution in [0.4, 0.5) is 8.78 Å². The van der Waals surface area contributed by atoms with E-state index in [9.17, 15) is 18.7 Å². The minimum absolute atomic E-state index is 0.0293. The van der Waals surface area contributed by atoms with Gasteiger partial charge in [-0.15, -0.1) is 10.2 Å². The summed E-state index contributed by atoms with van der Waals surface area (Å²) in [5, 5.41) is 19.5. The van der Waals surface area contributed by atoms with Crippen LogP contribution in [-0.4, -0.2) is 48.7 Å². The van der Waals surface area contributed by atoms with Crippen LogP contribution in [0.3, 0.4) is 0 Å². The fourth-order valence-electron chi connectivity index (χ4n) is 3.75. The minimum Gasteiger partial charge on any atom is -0.510 e. The highest BCUT2D eigenvalue weighted by atomic mass is 32.2. The molecule has 3 aromatic carbocycles. The monoisotopic (exact) mass is 519 g/mol. The van der Waals surface area contributed by atoms with Gasteiger partial charge in [-0.2, -0.15) is 0 Å². The normalized spacial score (nSPS) is 12.0. The second-order valence-corrected chi connectivity index (χ2v) is 8.75. The number of aromatic amines is 1. The van der Waals surface area contributed by atoms with Gasteiger partial charge in [0.1, 0.15) is 28.8 Å². The number of hydrogen-bond donors (Lipinski definition) is 2. The highest BCUT2D eigenvalue weighted by molar-refractivity contribution is 7.99. The number of nitrogens with one attached hydrogen (secondary N) is 1. The molecule has 8 nitrogen and oxygen atoms in total. The zero-order valence-corrected chi connectivity index (χ0v) is 20.2. The molecule has 5 rings (SSSR count). The molecule has 11 heteroatoms. The lowest BCUT2D eigenvalue weighted by Gasteiger charge is -2.12. The molecule has 0 spiro atoms. The lowest BCUT2D eigenvalue weighted by molar-refractivity contribution is -0.133. The molecule has 0 saturated carbocycles. The number of rotatable bonds is 7. The molecule has 2 heterocycles. The number of aromatic nitrogens is 5. The third-order valence-electron chi connectivity index (χ3n) is 5.46. The first kappa shape index (κ1) is 24.2. The first-order chi connectivity index (χ1) is 18.0. The van der Waals surface area contributed by atoms with E-state index in [0.29, 0.717) is 22.4 Å². The van der Waals surface area contributed by atoms with Gasteiger partial charge < -0.3 is 14.8 Å². The van der Waals surface area contributed by atoms with Gasteiger partial charge in [-0.1, -0.05) is 54.2 Å². The quantitative estimate of drug-likeness (QED) is 0.130. The number of hydrogen-bond acceptors (Lipinski definition) is 7. The van der Waals surface area contributed by atoms with Crippen LogP contribution < -0.4 is 0 Å². The number of esters is 1. The van der Waals surface area contributed by atoms with Crippen LogP contribution >= 0.6 is 11.8 Å². The Morgan fingerprint density at radius 2 is 1.81 bits per heavy atom. The Balaban J connectivity index is 1.55. The summed E-state index contributed by atoms with van der Waals surface area (Å²) >= 11 is 1.01. The second-order valence-electron chi connectivity index (χ2n) is 7.81. The predicted octanol–water partition coefficient (Wildman–Crippen LogP) is 5.32. The Morgan fingerprint density at radius 3 is 2.54 bits per heavy atom. The summed E-state index contributed by atoms with van der Waals surface area (Å²) < 4.78 is 34.8. The SMILES string of the molecule is COC(=O)C(=C(O)CSc1nnc(-c2ccccc2)n1-c1ccc(F)cc1F)c1nc2ccccc2[nH]1. The highest BCUT2D eigenvalue weighted by Crippen LogP contribution is 2.31. The van der Waals surface area contributed by atoms with Gasteiger partial charge in [0.15, 0.2) is 11.0 Å². The number of aliphatic hydroxyl groups excluding tert-OH is 1. The molecule has 0 fully saturated rings. The van der Waals surface area contributed by atoms with E-state index in [1.54, 1.807) is 42.5 Å². The van der Waals surface area contributed by atoms with Crippen LogP contribution in [0.2, 0.25) is 0 Å². The van der Waals surface area contributed by atoms with Crippen molar-refractivity contribution in [3.8, 4) is 17.1 Å². The number of carbonyl (C=O) groups is 1. The standard InChI is InChI=1S/C26H19F2N5O3S/c1-36-25(35)22(23-29-18-9-5-6-10-19(18)30-23)21(34)14-37-26-32-31-24(15-7-3-2-4-8-15)33(26)20-12-11-16(27)13-17(20)28/h2-13,34H,14H2,1H3,(H,29,30). The number of benzene rings is 3. The number of H-pyrrole nitrogens is 1. The van der Waals surface area contributed by atoms with E-state index in [0.717, 1.165) is 23.9 Å². The largest absolute Gasteiger partial charge is 0.510 e. The van der Waals surface area contributed by atoms with Crippen molar-refractivity contribution < 1.29 is 23.4 Å². The number of nitrogens with zero attached hydrogens (tertiary/aromatic N) is 4. The lowest BCUT2D eigenvalue weighted by atomic mass is 10.2. The molecule has 0 amide bonds. The molecule has 0 radical (unpaired) electrons. The van der Waals surface area contributed by atoms with Gasteiger partial charge in [0.2, 0.25) is 0 Å². The van der Waals surface area contributed by atoms with E-state index in [-0.39, 0.29) is 33.8 Å². The van der Waals surface area contributed by atoms with Gasteiger partial charge in [-0.05, 0) is 24.3 Å². The van der Waals surface area contributed by atoms with Gasteiger partial charge in [0, 0.05) is 11.6 Å². The van der Waals surface area contributed by atoms with Crippen molar-refractivity contribution in [2.45, 2.75) is 5.16 Å². The average Bonchev–Trinajstić information content (AvgIpc) is 3.52. The smallest absolute Gasteiger partial charge is 0.345 e. The van der Waals surface area contributed by atoms with Crippen molar-refractivity contribution in [3.63, 3.8) is 0 Å². The second kappa shape index (κ2) is 10.2. The first-order valence-electron chi connectivity index (χ1n) is 11.0. The maximum atomic E-state index is 14.8. The van der Waals surface area contributed by atoms with Gasteiger partial charge in [-0.25, -0.2) is 18.6 Å². The van der Waals surface area contributed by atoms with E-state index in [1.165, 1.54) is 17.7 Å². The Labute approximate surface area is 213 Å². The fourth-order valence-corrected chi connectivity index (χ4v) is 4.57. The summed E-state index contributed by atoms with van der Waals surface area (Å²) in [6.07, 6.45) is 0. The Kier molecular flexibility index (Phi) is 6.69. The summed E-state index contributed by atoms with van der Waals surface area (Å²) in [5.41, 5.74) is 1.83. The molecule has 37 heavy (non-hydrogen) atoms. The van der Waals surface area contributed by atoms with Crippen molar-refractivity contribution in [3.05, 3.63) is 96.0 Å². The lowest BCUT2D eigenvalue weighted by Crippen LogP contribution is -2.10. The molecular formula is C26H19F2N5O3S. The molecule has 0 unspecified atom stereocenters. The van der Waals surface area contributed by atoms with E-state index in [1.807, 2.05) is 12.1 Å². The van der Waals surface area contributed by atoms with Gasteiger partial charge in [0.05, 0.1) is 29.6 Å². The van der Waals surface area contributed by atoms with Gasteiger partial charge >= 0.3 is 5.97 Å². The van der Waals surface area contributed by atoms with Gasteiger partial charge in [0.25, 0.3) is 0 Å². The number of ether oxygens (including phenoxy) is 1. The van der Waals surface area contributed by atoms with Crippen LogP contribution in [0, 0.1) is 11.6 Å². The van der Waals surface area contributed by atoms with Crippen molar-refractivity contribution in [1.82, 2.24) is 24.7 Å². The van der Waals surface area contributed by atoms with Crippen LogP contribution in [0.1, 0.15) is 5.82 Å². The summed E-state index contributed by atoms with van der Waals surface area (Å²) in [6, 6.07) is 19.3. The van der Waals surface area contributed by atoms with Crippen LogP contribution in [0.25, 0.3) is 33.7 Å². The van der Waals surface area contributed by atoms with E-state index < -0.39 is 17.6 Å². The minimum atomic E-state index is -0.809. The molecule has 2 N–H and O–H groups in total. The number of para-hydroxylation sites is 2. The molecule has 0 aliphatic rings. The highest BCUT2D eigenvalue weighted by Gasteiger charge is 2.24. The Hall–Kier alpha value is -4.51. The number of imidazole rings is 1. The molecule has 2 aromatic heterocycles.